The molecule has 0 aromatic heterocycles. The van der Waals surface area contributed by atoms with E-state index in [4.69, 9.17) is 9.47 Å². The number of ether oxygens (including phenoxy) is 2. The zero-order valence-electron chi connectivity index (χ0n) is 21.0. The van der Waals surface area contributed by atoms with Gasteiger partial charge in [-0.2, -0.15) is 0 Å². The number of carbonyl (C=O) groups is 1. The Kier molecular flexibility index (Phi) is 8.87. The first-order valence-electron chi connectivity index (χ1n) is 12.7. The lowest BCUT2D eigenvalue weighted by Gasteiger charge is -2.38. The molecule has 3 aromatic rings. The number of nitrogens with one attached hydrogen (secondary N) is 1. The van der Waals surface area contributed by atoms with Crippen molar-refractivity contribution in [2.75, 3.05) is 13.2 Å². The highest BCUT2D eigenvalue weighted by molar-refractivity contribution is 5.96. The summed E-state index contributed by atoms with van der Waals surface area (Å²) in [6.45, 7) is 3.15. The van der Waals surface area contributed by atoms with Crippen LogP contribution in [0.5, 0.6) is 5.75 Å². The number of aryl methyl sites for hydroxylation is 2. The van der Waals surface area contributed by atoms with Gasteiger partial charge in [-0.25, -0.2) is 13.2 Å². The van der Waals surface area contributed by atoms with E-state index in [1.165, 1.54) is 12.1 Å². The molecule has 0 spiro atoms. The summed E-state index contributed by atoms with van der Waals surface area (Å²) < 4.78 is 51.9. The molecule has 0 aliphatic carbocycles. The van der Waals surface area contributed by atoms with E-state index in [-0.39, 0.29) is 24.1 Å². The van der Waals surface area contributed by atoms with E-state index in [0.717, 1.165) is 42.2 Å². The van der Waals surface area contributed by atoms with Crippen LogP contribution in [0, 0.1) is 17.5 Å². The summed E-state index contributed by atoms with van der Waals surface area (Å²) >= 11 is 0. The minimum Gasteiger partial charge on any atom is -0.486 e. The van der Waals surface area contributed by atoms with Crippen LogP contribution in [0.2, 0.25) is 0 Å². The largest absolute Gasteiger partial charge is 0.486 e. The van der Waals surface area contributed by atoms with Gasteiger partial charge in [0.1, 0.15) is 18.2 Å². The van der Waals surface area contributed by atoms with Gasteiger partial charge in [0.15, 0.2) is 11.6 Å². The molecule has 4 nitrogen and oxygen atoms in total. The van der Waals surface area contributed by atoms with Crippen LogP contribution < -0.4 is 10.1 Å². The first-order valence-corrected chi connectivity index (χ1v) is 12.7. The molecule has 1 saturated heterocycles. The van der Waals surface area contributed by atoms with E-state index in [0.29, 0.717) is 50.0 Å². The summed E-state index contributed by atoms with van der Waals surface area (Å²) in [6, 6.07) is 15.0. The van der Waals surface area contributed by atoms with Gasteiger partial charge in [0.05, 0.1) is 0 Å². The Hall–Kier alpha value is -3.32. The van der Waals surface area contributed by atoms with Gasteiger partial charge < -0.3 is 14.8 Å². The fraction of sp³-hybridized carbons (Fsp3) is 0.367. The van der Waals surface area contributed by atoms with Crippen LogP contribution in [-0.2, 0) is 24.2 Å². The maximum absolute atomic E-state index is 14.0. The molecule has 1 aliphatic rings. The van der Waals surface area contributed by atoms with Gasteiger partial charge in [0.25, 0.3) is 5.91 Å². The molecule has 0 unspecified atom stereocenters. The molecular formula is C30H32F3NO3. The zero-order valence-corrected chi connectivity index (χ0v) is 21.0. The van der Waals surface area contributed by atoms with Crippen LogP contribution in [0.3, 0.4) is 0 Å². The highest BCUT2D eigenvalue weighted by atomic mass is 19.1. The second kappa shape index (κ2) is 12.3. The number of carbonyl (C=O) groups excluding carboxylic acids is 1. The summed E-state index contributed by atoms with van der Waals surface area (Å²) in [4.78, 5) is 13.6. The number of amides is 1. The van der Waals surface area contributed by atoms with Crippen LogP contribution in [0.4, 0.5) is 13.2 Å². The van der Waals surface area contributed by atoms with Gasteiger partial charge in [-0.15, -0.1) is 0 Å². The van der Waals surface area contributed by atoms with Gasteiger partial charge in [0.2, 0.25) is 0 Å². The van der Waals surface area contributed by atoms with Crippen molar-refractivity contribution in [1.29, 1.82) is 0 Å². The van der Waals surface area contributed by atoms with Crippen LogP contribution in [0.15, 0.2) is 60.7 Å². The van der Waals surface area contributed by atoms with E-state index in [9.17, 15) is 18.0 Å². The van der Waals surface area contributed by atoms with Gasteiger partial charge in [-0.1, -0.05) is 37.6 Å². The average Bonchev–Trinajstić information content (AvgIpc) is 2.90. The summed E-state index contributed by atoms with van der Waals surface area (Å²) in [7, 11) is 0. The predicted octanol–water partition coefficient (Wildman–Crippen LogP) is 6.55. The molecule has 1 heterocycles. The molecule has 1 N–H and O–H groups in total. The second-order valence-electron chi connectivity index (χ2n) is 9.58. The molecule has 37 heavy (non-hydrogen) atoms. The molecule has 1 aliphatic heterocycles. The van der Waals surface area contributed by atoms with Gasteiger partial charge >= 0.3 is 0 Å². The van der Waals surface area contributed by atoms with Crippen molar-refractivity contribution in [3.05, 3.63) is 100 Å². The molecule has 0 atom stereocenters. The van der Waals surface area contributed by atoms with Gasteiger partial charge in [-0.05, 0) is 79.1 Å². The predicted molar refractivity (Wildman–Crippen MR) is 136 cm³/mol. The number of hydrogen-bond acceptors (Lipinski definition) is 3. The van der Waals surface area contributed by atoms with Crippen molar-refractivity contribution >= 4 is 5.91 Å². The fourth-order valence-corrected chi connectivity index (χ4v) is 4.70. The highest BCUT2D eigenvalue weighted by Crippen LogP contribution is 2.28. The first-order chi connectivity index (χ1) is 17.9. The summed E-state index contributed by atoms with van der Waals surface area (Å²) in [5, 5.41) is 3.30. The Morgan fingerprint density at radius 3 is 2.35 bits per heavy atom. The standard InChI is InChI=1S/C30H32F3NO3/c1-2-3-23-7-4-22(20-37-28-19-25(32)10-11-27(28)33)18-26(23)29(35)34-30(14-16-36-17-15-30)13-12-21-5-8-24(31)9-6-21/h4-11,18-19H,2-3,12-17,20H2,1H3,(H,34,35). The van der Waals surface area contributed by atoms with Crippen molar-refractivity contribution in [1.82, 2.24) is 5.32 Å². The van der Waals surface area contributed by atoms with Crippen LogP contribution in [-0.4, -0.2) is 24.7 Å². The fourth-order valence-electron chi connectivity index (χ4n) is 4.70. The average molecular weight is 512 g/mol. The van der Waals surface area contributed by atoms with E-state index in [1.54, 1.807) is 18.2 Å². The van der Waals surface area contributed by atoms with Crippen LogP contribution >= 0.6 is 0 Å². The molecule has 0 radical (unpaired) electrons. The Balaban J connectivity index is 1.52. The Morgan fingerprint density at radius 1 is 0.919 bits per heavy atom. The lowest BCUT2D eigenvalue weighted by Crippen LogP contribution is -2.52. The Labute approximate surface area is 215 Å². The molecule has 7 heteroatoms. The number of rotatable bonds is 10. The Morgan fingerprint density at radius 2 is 1.62 bits per heavy atom. The first kappa shape index (κ1) is 26.7. The van der Waals surface area contributed by atoms with Crippen molar-refractivity contribution in [3.8, 4) is 5.75 Å². The maximum Gasteiger partial charge on any atom is 0.252 e. The third-order valence-electron chi connectivity index (χ3n) is 6.86. The lowest BCUT2D eigenvalue weighted by molar-refractivity contribution is 0.0328. The molecule has 4 rings (SSSR count). The number of benzene rings is 3. The van der Waals surface area contributed by atoms with Crippen LogP contribution in [0.1, 0.15) is 59.7 Å². The molecule has 196 valence electrons. The molecule has 3 aromatic carbocycles. The topological polar surface area (TPSA) is 47.6 Å². The molecular weight excluding hydrogens is 479 g/mol. The van der Waals surface area contributed by atoms with E-state index in [1.807, 2.05) is 19.1 Å². The lowest BCUT2D eigenvalue weighted by atomic mass is 9.83. The minimum absolute atomic E-state index is 0.00337. The quantitative estimate of drug-likeness (QED) is 0.336. The molecule has 1 amide bonds. The van der Waals surface area contributed by atoms with Crippen molar-refractivity contribution in [3.63, 3.8) is 0 Å². The van der Waals surface area contributed by atoms with E-state index >= 15 is 0 Å². The van der Waals surface area contributed by atoms with Gasteiger partial charge in [-0.3, -0.25) is 4.79 Å². The summed E-state index contributed by atoms with van der Waals surface area (Å²) in [6.07, 6.45) is 4.38. The van der Waals surface area contributed by atoms with Crippen LogP contribution in [0.25, 0.3) is 0 Å². The number of hydrogen-bond donors (Lipinski definition) is 1. The maximum atomic E-state index is 14.0. The smallest absolute Gasteiger partial charge is 0.252 e. The SMILES string of the molecule is CCCc1ccc(COc2cc(F)ccc2F)cc1C(=O)NC1(CCc2ccc(F)cc2)CCOCC1. The summed E-state index contributed by atoms with van der Waals surface area (Å²) in [5.74, 6) is -1.86. The van der Waals surface area contributed by atoms with E-state index < -0.39 is 17.2 Å². The zero-order chi connectivity index (χ0) is 26.3. The monoisotopic (exact) mass is 511 g/mol. The molecule has 0 saturated carbocycles. The van der Waals surface area contributed by atoms with Crippen molar-refractivity contribution in [2.45, 2.75) is 57.6 Å². The third kappa shape index (κ3) is 7.13. The van der Waals surface area contributed by atoms with E-state index in [2.05, 4.69) is 5.32 Å². The molecule has 0 bridgehead atoms. The number of halogens is 3. The van der Waals surface area contributed by atoms with Gasteiger partial charge in [0, 0.05) is 30.4 Å². The summed E-state index contributed by atoms with van der Waals surface area (Å²) in [5.41, 5.74) is 2.72. The van der Waals surface area contributed by atoms with Crippen molar-refractivity contribution < 1.29 is 27.4 Å². The van der Waals surface area contributed by atoms with Crippen molar-refractivity contribution in [2.24, 2.45) is 0 Å². The second-order valence-corrected chi connectivity index (χ2v) is 9.58. The Bertz CT molecular complexity index is 1210. The minimum atomic E-state index is -0.649. The third-order valence-corrected chi connectivity index (χ3v) is 6.86. The normalized spacial score (nSPS) is 14.8. The highest BCUT2D eigenvalue weighted by Gasteiger charge is 2.34. The molecule has 1 fully saturated rings.